The third-order valence-corrected chi connectivity index (χ3v) is 2.21. The molecule has 1 amide bonds. The van der Waals surface area contributed by atoms with Crippen LogP contribution >= 0.6 is 0 Å². The number of carbonyl (C=O) groups is 1. The number of nitrogens with zero attached hydrogens (tertiary/aromatic N) is 3. The molecule has 4 nitrogen and oxygen atoms in total. The van der Waals surface area contributed by atoms with Crippen LogP contribution in [0.25, 0.3) is 5.53 Å². The molecule has 0 spiro atoms. The lowest BCUT2D eigenvalue weighted by Gasteiger charge is -2.16. The molecule has 1 aromatic carbocycles. The van der Waals surface area contributed by atoms with Crippen molar-refractivity contribution in [3.8, 4) is 0 Å². The number of hydrogen-bond acceptors (Lipinski definition) is 1. The summed E-state index contributed by atoms with van der Waals surface area (Å²) >= 11 is 0. The Bertz CT molecular complexity index is 433. The van der Waals surface area contributed by atoms with Crippen molar-refractivity contribution in [2.24, 2.45) is 0 Å². The van der Waals surface area contributed by atoms with E-state index < -0.39 is 0 Å². The molecule has 0 aliphatic rings. The van der Waals surface area contributed by atoms with Crippen LogP contribution in [-0.4, -0.2) is 24.0 Å². The average Bonchev–Trinajstić information content (AvgIpc) is 2.17. The van der Waals surface area contributed by atoms with Gasteiger partial charge in [0.1, 0.15) is 0 Å². The zero-order valence-corrected chi connectivity index (χ0v) is 9.06. The molecular weight excluding hydrogens is 190 g/mol. The highest BCUT2D eigenvalue weighted by Crippen LogP contribution is 2.19. The molecule has 0 aliphatic carbocycles. The van der Waals surface area contributed by atoms with E-state index in [4.69, 9.17) is 5.53 Å². The van der Waals surface area contributed by atoms with Gasteiger partial charge in [-0.05, 0) is 25.5 Å². The van der Waals surface area contributed by atoms with Crippen LogP contribution < -0.4 is 4.90 Å². The van der Waals surface area contributed by atoms with Crippen molar-refractivity contribution in [3.05, 3.63) is 34.9 Å². The lowest BCUT2D eigenvalue weighted by Crippen LogP contribution is -2.28. The Morgan fingerprint density at radius 1 is 1.47 bits per heavy atom. The van der Waals surface area contributed by atoms with Gasteiger partial charge in [-0.15, -0.1) is 0 Å². The van der Waals surface area contributed by atoms with Crippen molar-refractivity contribution in [2.75, 3.05) is 11.9 Å². The average molecular weight is 203 g/mol. The predicted molar refractivity (Wildman–Crippen MR) is 59.0 cm³/mol. The van der Waals surface area contributed by atoms with Crippen LogP contribution in [0.4, 0.5) is 5.69 Å². The second kappa shape index (κ2) is 4.53. The molecule has 0 unspecified atom stereocenters. The van der Waals surface area contributed by atoms with Crippen LogP contribution in [0.3, 0.4) is 0 Å². The molecule has 1 rings (SSSR count). The van der Waals surface area contributed by atoms with E-state index in [1.807, 2.05) is 32.0 Å². The van der Waals surface area contributed by atoms with Crippen molar-refractivity contribution in [3.63, 3.8) is 0 Å². The maximum Gasteiger partial charge on any atom is 0.345 e. The molecular formula is C11H13N3O. The fourth-order valence-electron chi connectivity index (χ4n) is 1.44. The Morgan fingerprint density at radius 3 is 2.67 bits per heavy atom. The molecule has 0 aromatic heterocycles. The first-order chi connectivity index (χ1) is 7.06. The third kappa shape index (κ3) is 2.51. The molecule has 0 heterocycles. The summed E-state index contributed by atoms with van der Waals surface area (Å²) in [6.45, 7) is 3.93. The molecule has 0 fully saturated rings. The lowest BCUT2D eigenvalue weighted by atomic mass is 10.1. The van der Waals surface area contributed by atoms with Gasteiger partial charge >= 0.3 is 12.1 Å². The van der Waals surface area contributed by atoms with Crippen LogP contribution in [0.15, 0.2) is 18.2 Å². The first-order valence-corrected chi connectivity index (χ1v) is 4.58. The Morgan fingerprint density at radius 2 is 2.13 bits per heavy atom. The van der Waals surface area contributed by atoms with Crippen LogP contribution in [-0.2, 0) is 4.79 Å². The standard InChI is InChI=1S/C11H13N3O/c1-8-4-5-10(9(2)6-8)14(3)11(15)7-13-12/h4-7H,1-3H3. The van der Waals surface area contributed by atoms with Crippen molar-refractivity contribution in [1.29, 1.82) is 0 Å². The second-order valence-corrected chi connectivity index (χ2v) is 3.43. The summed E-state index contributed by atoms with van der Waals surface area (Å²) in [6.07, 6.45) is 0.874. The summed E-state index contributed by atoms with van der Waals surface area (Å²) in [5.41, 5.74) is 11.2. The quantitative estimate of drug-likeness (QED) is 0.409. The molecule has 0 saturated carbocycles. The molecule has 0 aliphatic heterocycles. The van der Waals surface area contributed by atoms with E-state index in [0.717, 1.165) is 23.0 Å². The number of hydrogen-bond donors (Lipinski definition) is 0. The Kier molecular flexibility index (Phi) is 3.37. The van der Waals surface area contributed by atoms with E-state index in [1.165, 1.54) is 4.90 Å². The van der Waals surface area contributed by atoms with Crippen molar-refractivity contribution in [1.82, 2.24) is 0 Å². The van der Waals surface area contributed by atoms with Gasteiger partial charge in [-0.2, -0.15) is 4.79 Å². The normalized spacial score (nSPS) is 9.27. The number of rotatable bonds is 2. The van der Waals surface area contributed by atoms with Crippen LogP contribution in [0.5, 0.6) is 0 Å². The maximum absolute atomic E-state index is 11.4. The molecule has 0 atom stereocenters. The van der Waals surface area contributed by atoms with Gasteiger partial charge in [0.05, 0.1) is 0 Å². The minimum atomic E-state index is -0.357. The Hall–Kier alpha value is -1.93. The summed E-state index contributed by atoms with van der Waals surface area (Å²) in [7, 11) is 1.64. The first kappa shape index (κ1) is 11.1. The predicted octanol–water partition coefficient (Wildman–Crippen LogP) is 1.57. The molecule has 15 heavy (non-hydrogen) atoms. The molecule has 0 saturated heterocycles. The van der Waals surface area contributed by atoms with Crippen molar-refractivity contribution >= 4 is 17.8 Å². The fourth-order valence-corrected chi connectivity index (χ4v) is 1.44. The van der Waals surface area contributed by atoms with E-state index in [1.54, 1.807) is 7.05 Å². The zero-order chi connectivity index (χ0) is 11.4. The number of amides is 1. The van der Waals surface area contributed by atoms with Gasteiger partial charge in [-0.25, -0.2) is 0 Å². The van der Waals surface area contributed by atoms with Gasteiger partial charge in [0, 0.05) is 12.7 Å². The third-order valence-electron chi connectivity index (χ3n) is 2.21. The van der Waals surface area contributed by atoms with Crippen molar-refractivity contribution in [2.45, 2.75) is 13.8 Å². The van der Waals surface area contributed by atoms with Gasteiger partial charge in [0.25, 0.3) is 0 Å². The zero-order valence-electron chi connectivity index (χ0n) is 9.06. The van der Waals surface area contributed by atoms with Gasteiger partial charge in [-0.3, -0.25) is 4.79 Å². The Balaban J connectivity index is 3.06. The summed E-state index contributed by atoms with van der Waals surface area (Å²) in [4.78, 5) is 15.5. The molecule has 4 heteroatoms. The molecule has 1 aromatic rings. The highest BCUT2D eigenvalue weighted by molar-refractivity contribution is 6.30. The van der Waals surface area contributed by atoms with E-state index in [9.17, 15) is 4.79 Å². The molecule has 0 N–H and O–H groups in total. The van der Waals surface area contributed by atoms with E-state index in [-0.39, 0.29) is 5.91 Å². The van der Waals surface area contributed by atoms with Gasteiger partial charge in [-0.1, -0.05) is 17.7 Å². The fraction of sp³-hybridized carbons (Fsp3) is 0.273. The second-order valence-electron chi connectivity index (χ2n) is 3.43. The van der Waals surface area contributed by atoms with Crippen molar-refractivity contribution < 1.29 is 9.58 Å². The summed E-state index contributed by atoms with van der Waals surface area (Å²) in [6, 6.07) is 5.80. The van der Waals surface area contributed by atoms with E-state index in [2.05, 4.69) is 4.79 Å². The highest BCUT2D eigenvalue weighted by atomic mass is 16.2. The molecule has 0 radical (unpaired) electrons. The van der Waals surface area contributed by atoms with Crippen LogP contribution in [0, 0.1) is 13.8 Å². The van der Waals surface area contributed by atoms with Gasteiger partial charge < -0.3 is 10.4 Å². The number of carbonyl (C=O) groups excluding carboxylic acids is 1. The van der Waals surface area contributed by atoms with E-state index in [0.29, 0.717) is 0 Å². The summed E-state index contributed by atoms with van der Waals surface area (Å²) in [5.74, 6) is -0.357. The van der Waals surface area contributed by atoms with Gasteiger partial charge in [0.15, 0.2) is 0 Å². The maximum atomic E-state index is 11.4. The lowest BCUT2D eigenvalue weighted by molar-refractivity contribution is -0.115. The number of aryl methyl sites for hydroxylation is 2. The largest absolute Gasteiger partial charge is 0.361 e. The molecule has 78 valence electrons. The van der Waals surface area contributed by atoms with Crippen LogP contribution in [0.1, 0.15) is 11.1 Å². The number of anilines is 1. The SMILES string of the molecule is Cc1ccc(N(C)C(=O)C=[N+]=[N-])c(C)c1. The highest BCUT2D eigenvalue weighted by Gasteiger charge is 2.13. The van der Waals surface area contributed by atoms with Crippen LogP contribution in [0.2, 0.25) is 0 Å². The Labute approximate surface area is 88.8 Å². The minimum Gasteiger partial charge on any atom is -0.361 e. The topological polar surface area (TPSA) is 56.7 Å². The summed E-state index contributed by atoms with van der Waals surface area (Å²) in [5, 5.41) is 0. The minimum absolute atomic E-state index is 0.357. The summed E-state index contributed by atoms with van der Waals surface area (Å²) < 4.78 is 0. The molecule has 0 bridgehead atoms. The van der Waals surface area contributed by atoms with Gasteiger partial charge in [0.2, 0.25) is 0 Å². The number of benzene rings is 1. The van der Waals surface area contributed by atoms with E-state index >= 15 is 0 Å². The first-order valence-electron chi connectivity index (χ1n) is 4.58. The monoisotopic (exact) mass is 203 g/mol. The smallest absolute Gasteiger partial charge is 0.345 e.